The number of hydrogen-bond donors (Lipinski definition) is 0. The third-order valence-electron chi connectivity index (χ3n) is 6.56. The summed E-state index contributed by atoms with van der Waals surface area (Å²) in [4.78, 5) is 22.5. The molecule has 10 heteroatoms. The maximum absolute atomic E-state index is 11.4. The second-order valence-electron chi connectivity index (χ2n) is 9.73. The van der Waals surface area contributed by atoms with Crippen molar-refractivity contribution in [1.82, 2.24) is 0 Å². The van der Waals surface area contributed by atoms with Crippen LogP contribution in [-0.2, 0) is 12.8 Å². The number of unbranched alkanes of at least 4 members (excludes halogenated alkanes) is 10. The van der Waals surface area contributed by atoms with Gasteiger partial charge >= 0.3 is 227 Å². The first-order valence-electron chi connectivity index (χ1n) is 14.3. The number of nitrogens with zero attached hydrogens (tertiary/aromatic N) is 2. The molecule has 224 valence electrons. The van der Waals surface area contributed by atoms with Gasteiger partial charge in [-0.05, 0) is 0 Å². The summed E-state index contributed by atoms with van der Waals surface area (Å²) in [5, 5.41) is 21.1. The van der Waals surface area contributed by atoms with Crippen LogP contribution in [0, 0.1) is 34.5 Å². The SMILES string of the molecule is CCCCCCCCCCCCCc1ccc(I(O[N+](=O)[O-])c2ccc(I(O[N+](=O)[O-])c3ccccc3)cc2)cc1. The van der Waals surface area contributed by atoms with E-state index in [4.69, 9.17) is 6.33 Å². The first-order valence-corrected chi connectivity index (χ1v) is 20.4. The van der Waals surface area contributed by atoms with Crippen LogP contribution in [0.3, 0.4) is 0 Å². The van der Waals surface area contributed by atoms with Gasteiger partial charge in [0.15, 0.2) is 0 Å². The summed E-state index contributed by atoms with van der Waals surface area (Å²) in [6, 6.07) is 24.3. The third-order valence-corrected chi connectivity index (χ3v) is 15.4. The van der Waals surface area contributed by atoms with Gasteiger partial charge in [-0.15, -0.1) is 0 Å². The van der Waals surface area contributed by atoms with Gasteiger partial charge in [0.1, 0.15) is 0 Å². The molecule has 3 aromatic carbocycles. The van der Waals surface area contributed by atoms with Crippen LogP contribution in [0.15, 0.2) is 78.9 Å². The summed E-state index contributed by atoms with van der Waals surface area (Å²) in [6.07, 6.45) is 15.4. The molecule has 0 fully saturated rings. The van der Waals surface area contributed by atoms with Crippen LogP contribution < -0.4 is 0 Å². The topological polar surface area (TPSA) is 105 Å². The van der Waals surface area contributed by atoms with Crippen molar-refractivity contribution in [2.45, 2.75) is 84.0 Å². The predicted octanol–water partition coefficient (Wildman–Crippen LogP) is 9.88. The van der Waals surface area contributed by atoms with E-state index in [2.05, 4.69) is 19.1 Å². The molecule has 0 aliphatic heterocycles. The molecule has 3 aromatic rings. The molecule has 0 bridgehead atoms. The Labute approximate surface area is 258 Å². The zero-order chi connectivity index (χ0) is 29.3. The Kier molecular flexibility index (Phi) is 15.2. The van der Waals surface area contributed by atoms with Crippen molar-refractivity contribution in [3.63, 3.8) is 0 Å². The van der Waals surface area contributed by atoms with Gasteiger partial charge in [-0.25, -0.2) is 0 Å². The molecule has 41 heavy (non-hydrogen) atoms. The van der Waals surface area contributed by atoms with Crippen LogP contribution in [0.5, 0.6) is 0 Å². The summed E-state index contributed by atoms with van der Waals surface area (Å²) in [7, 11) is 0. The molecule has 0 saturated carbocycles. The number of rotatable bonds is 20. The fourth-order valence-electron chi connectivity index (χ4n) is 4.47. The maximum atomic E-state index is 11.4. The van der Waals surface area contributed by atoms with Crippen molar-refractivity contribution in [2.75, 3.05) is 0 Å². The van der Waals surface area contributed by atoms with Crippen molar-refractivity contribution < 1.29 is 16.5 Å². The van der Waals surface area contributed by atoms with E-state index in [1.165, 1.54) is 69.8 Å². The van der Waals surface area contributed by atoms with Gasteiger partial charge < -0.3 is 0 Å². The summed E-state index contributed by atoms with van der Waals surface area (Å²) >= 11 is -5.58. The Morgan fingerprint density at radius 3 is 1.32 bits per heavy atom. The van der Waals surface area contributed by atoms with E-state index in [1.807, 2.05) is 42.5 Å². The van der Waals surface area contributed by atoms with Crippen LogP contribution in [0.4, 0.5) is 0 Å². The third kappa shape index (κ3) is 12.1. The Balaban J connectivity index is 1.55. The van der Waals surface area contributed by atoms with Crippen molar-refractivity contribution in [1.29, 1.82) is 0 Å². The molecule has 0 amide bonds. The van der Waals surface area contributed by atoms with Crippen molar-refractivity contribution in [3.8, 4) is 0 Å². The molecule has 0 aliphatic carbocycles. The minimum atomic E-state index is -2.82. The molecular formula is C31H40I2N2O6. The zero-order valence-electron chi connectivity index (χ0n) is 23.6. The van der Waals surface area contributed by atoms with Gasteiger partial charge in [0, 0.05) is 0 Å². The molecule has 0 radical (unpaired) electrons. The van der Waals surface area contributed by atoms with Gasteiger partial charge in [-0.2, -0.15) is 0 Å². The molecule has 8 nitrogen and oxygen atoms in total. The van der Waals surface area contributed by atoms with Gasteiger partial charge in [-0.1, -0.05) is 32.6 Å². The molecule has 0 aliphatic rings. The number of halogens is 2. The first-order chi connectivity index (χ1) is 20.0. The molecule has 0 atom stereocenters. The molecular weight excluding hydrogens is 750 g/mol. The fourth-order valence-corrected chi connectivity index (χ4v) is 11.6. The van der Waals surface area contributed by atoms with E-state index in [0.29, 0.717) is 0 Å². The normalized spacial score (nSPS) is 11.5. The van der Waals surface area contributed by atoms with E-state index in [0.717, 1.165) is 27.1 Å². The summed E-state index contributed by atoms with van der Waals surface area (Å²) < 4.78 is 13.5. The Morgan fingerprint density at radius 2 is 0.902 bits per heavy atom. The van der Waals surface area contributed by atoms with Crippen molar-refractivity contribution >= 4 is 40.5 Å². The minimum absolute atomic E-state index is 0.712. The van der Waals surface area contributed by atoms with E-state index >= 15 is 0 Å². The second kappa shape index (κ2) is 18.9. The number of benzene rings is 3. The van der Waals surface area contributed by atoms with E-state index < -0.39 is 50.6 Å². The molecule has 3 rings (SSSR count). The van der Waals surface area contributed by atoms with Crippen LogP contribution in [0.1, 0.15) is 83.1 Å². The zero-order valence-corrected chi connectivity index (χ0v) is 27.9. The predicted molar refractivity (Wildman–Crippen MR) is 178 cm³/mol. The van der Waals surface area contributed by atoms with Crippen LogP contribution >= 0.6 is 40.5 Å². The number of aryl methyl sites for hydroxylation is 1. The quantitative estimate of drug-likeness (QED) is 0.0489. The van der Waals surface area contributed by atoms with Crippen molar-refractivity contribution in [3.05, 3.63) is 119 Å². The van der Waals surface area contributed by atoms with Crippen LogP contribution in [-0.4, -0.2) is 10.2 Å². The molecule has 0 spiro atoms. The summed E-state index contributed by atoms with van der Waals surface area (Å²) in [6.45, 7) is 2.25. The van der Waals surface area contributed by atoms with Crippen LogP contribution in [0.25, 0.3) is 0 Å². The van der Waals surface area contributed by atoms with Gasteiger partial charge in [0.2, 0.25) is 0 Å². The molecule has 0 aromatic heterocycles. The Bertz CT molecular complexity index is 1180. The molecule has 0 N–H and O–H groups in total. The second-order valence-corrected chi connectivity index (χ2v) is 18.3. The molecule has 0 unspecified atom stereocenters. The van der Waals surface area contributed by atoms with E-state index in [-0.39, 0.29) is 0 Å². The average molecular weight is 790 g/mol. The van der Waals surface area contributed by atoms with E-state index in [1.54, 1.807) is 24.3 Å². The average Bonchev–Trinajstić information content (AvgIpc) is 2.98. The van der Waals surface area contributed by atoms with Gasteiger partial charge in [0.25, 0.3) is 0 Å². The Hall–Kier alpha value is -2.48. The molecule has 0 heterocycles. The standard InChI is InChI=1S/C31H40I2N2O6/c1-2-3-4-5-6-7-8-9-10-11-13-16-27-19-21-29(22-20-27)33(41-35(38)39)31-25-23-30(24-26-31)32(40-34(36)37)28-17-14-12-15-18-28/h12,14-15,17-26H,2-11,13,16H2,1H3. The molecule has 0 saturated heterocycles. The Morgan fingerprint density at radius 1 is 0.537 bits per heavy atom. The van der Waals surface area contributed by atoms with Gasteiger partial charge in [-0.3, -0.25) is 0 Å². The number of hydrogen-bond acceptors (Lipinski definition) is 6. The van der Waals surface area contributed by atoms with Gasteiger partial charge in [0.05, 0.1) is 0 Å². The van der Waals surface area contributed by atoms with Crippen molar-refractivity contribution in [2.24, 2.45) is 0 Å². The summed E-state index contributed by atoms with van der Waals surface area (Å²) in [5.41, 5.74) is 1.23. The fraction of sp³-hybridized carbons (Fsp3) is 0.419. The first kappa shape index (κ1) is 33.0. The monoisotopic (exact) mass is 790 g/mol. The van der Waals surface area contributed by atoms with E-state index in [9.17, 15) is 20.2 Å². The van der Waals surface area contributed by atoms with Crippen LogP contribution in [0.2, 0.25) is 0 Å². The summed E-state index contributed by atoms with van der Waals surface area (Å²) in [5.74, 6) is 0.